The Morgan fingerprint density at radius 3 is 2.72 bits per heavy atom. The van der Waals surface area contributed by atoms with Crippen LogP contribution < -0.4 is 11.1 Å². The van der Waals surface area contributed by atoms with Crippen LogP contribution in [0.15, 0.2) is 12.3 Å². The lowest BCUT2D eigenvalue weighted by Gasteiger charge is -2.31. The number of hydrogen-bond donors (Lipinski definition) is 2. The van der Waals surface area contributed by atoms with Gasteiger partial charge >= 0.3 is 0 Å². The zero-order valence-electron chi connectivity index (χ0n) is 10.5. The molecule has 18 heavy (non-hydrogen) atoms. The van der Waals surface area contributed by atoms with Crippen LogP contribution in [0, 0.1) is 6.92 Å². The van der Waals surface area contributed by atoms with Gasteiger partial charge in [-0.2, -0.15) is 0 Å². The fourth-order valence-corrected chi connectivity index (χ4v) is 2.40. The van der Waals surface area contributed by atoms with Gasteiger partial charge in [0.05, 0.1) is 17.4 Å². The molecular formula is C13H18ClN3O. The number of nitrogens with zero attached hydrogens (tertiary/aromatic N) is 1. The number of carbonyl (C=O) groups excluding carboxylic acids is 1. The van der Waals surface area contributed by atoms with Crippen molar-refractivity contribution < 1.29 is 4.79 Å². The van der Waals surface area contributed by atoms with Crippen molar-refractivity contribution in [1.82, 2.24) is 4.98 Å². The van der Waals surface area contributed by atoms with E-state index in [1.807, 2.05) is 6.92 Å². The smallest absolute Gasteiger partial charge is 0.244 e. The van der Waals surface area contributed by atoms with E-state index >= 15 is 0 Å². The molecule has 98 valence electrons. The third kappa shape index (κ3) is 2.82. The van der Waals surface area contributed by atoms with Gasteiger partial charge in [-0.1, -0.05) is 30.9 Å². The number of hydrogen-bond acceptors (Lipinski definition) is 3. The highest BCUT2D eigenvalue weighted by molar-refractivity contribution is 6.30. The Labute approximate surface area is 112 Å². The lowest BCUT2D eigenvalue weighted by molar-refractivity contribution is -0.122. The quantitative estimate of drug-likeness (QED) is 0.810. The van der Waals surface area contributed by atoms with Crippen LogP contribution in [0.1, 0.15) is 37.7 Å². The standard InChI is InChI=1S/C13H18ClN3O/c1-9-7-10(8-16-11(9)14)17-12(18)13(15)5-3-2-4-6-13/h7-8H,2-6,15H2,1H3,(H,17,18). The van der Waals surface area contributed by atoms with E-state index in [1.54, 1.807) is 12.3 Å². The Bertz CT molecular complexity index is 456. The molecule has 1 aromatic rings. The molecule has 2 rings (SSSR count). The lowest BCUT2D eigenvalue weighted by Crippen LogP contribution is -2.52. The monoisotopic (exact) mass is 267 g/mol. The first-order valence-corrected chi connectivity index (χ1v) is 6.61. The minimum atomic E-state index is -0.730. The topological polar surface area (TPSA) is 68.0 Å². The van der Waals surface area contributed by atoms with Crippen molar-refractivity contribution in [3.05, 3.63) is 23.0 Å². The second-order valence-corrected chi connectivity index (χ2v) is 5.36. The summed E-state index contributed by atoms with van der Waals surface area (Å²) >= 11 is 5.84. The van der Waals surface area contributed by atoms with Crippen molar-refractivity contribution in [2.45, 2.75) is 44.6 Å². The van der Waals surface area contributed by atoms with Crippen molar-refractivity contribution in [3.8, 4) is 0 Å². The van der Waals surface area contributed by atoms with Crippen LogP contribution in [0.3, 0.4) is 0 Å². The number of rotatable bonds is 2. The molecule has 5 heteroatoms. The predicted octanol–water partition coefficient (Wildman–Crippen LogP) is 2.64. The molecule has 1 amide bonds. The van der Waals surface area contributed by atoms with Gasteiger partial charge in [0.2, 0.25) is 5.91 Å². The summed E-state index contributed by atoms with van der Waals surface area (Å²) in [5.74, 6) is -0.120. The Hall–Kier alpha value is -1.13. The van der Waals surface area contributed by atoms with Gasteiger partial charge < -0.3 is 11.1 Å². The molecule has 1 aromatic heterocycles. The number of anilines is 1. The van der Waals surface area contributed by atoms with Crippen molar-refractivity contribution in [3.63, 3.8) is 0 Å². The van der Waals surface area contributed by atoms with Crippen molar-refractivity contribution >= 4 is 23.2 Å². The van der Waals surface area contributed by atoms with Crippen LogP contribution in [0.4, 0.5) is 5.69 Å². The second kappa shape index (κ2) is 5.24. The number of pyridine rings is 1. The van der Waals surface area contributed by atoms with Crippen molar-refractivity contribution in [1.29, 1.82) is 0 Å². The Morgan fingerprint density at radius 1 is 1.44 bits per heavy atom. The predicted molar refractivity (Wildman–Crippen MR) is 72.6 cm³/mol. The maximum Gasteiger partial charge on any atom is 0.244 e. The summed E-state index contributed by atoms with van der Waals surface area (Å²) in [4.78, 5) is 16.2. The summed E-state index contributed by atoms with van der Waals surface area (Å²) in [6.45, 7) is 1.85. The fourth-order valence-electron chi connectivity index (χ4n) is 2.29. The summed E-state index contributed by atoms with van der Waals surface area (Å²) in [6.07, 6.45) is 6.24. The minimum absolute atomic E-state index is 0.120. The van der Waals surface area contributed by atoms with E-state index in [1.165, 1.54) is 0 Å². The average molecular weight is 268 g/mol. The first kappa shape index (κ1) is 13.3. The number of halogens is 1. The molecule has 4 nitrogen and oxygen atoms in total. The van der Waals surface area contributed by atoms with Gasteiger partial charge in [-0.05, 0) is 31.4 Å². The third-order valence-corrected chi connectivity index (χ3v) is 3.87. The summed E-state index contributed by atoms with van der Waals surface area (Å²) in [5.41, 5.74) is 6.92. The zero-order chi connectivity index (χ0) is 13.2. The SMILES string of the molecule is Cc1cc(NC(=O)C2(N)CCCCC2)cnc1Cl. The highest BCUT2D eigenvalue weighted by Gasteiger charge is 2.35. The van der Waals surface area contributed by atoms with E-state index in [2.05, 4.69) is 10.3 Å². The lowest BCUT2D eigenvalue weighted by atomic mass is 9.82. The minimum Gasteiger partial charge on any atom is -0.323 e. The van der Waals surface area contributed by atoms with Crippen LogP contribution in [0.25, 0.3) is 0 Å². The first-order chi connectivity index (χ1) is 8.51. The summed E-state index contributed by atoms with van der Waals surface area (Å²) in [6, 6.07) is 1.80. The van der Waals surface area contributed by atoms with Gasteiger partial charge in [0.15, 0.2) is 0 Å². The molecule has 0 atom stereocenters. The Kier molecular flexibility index (Phi) is 3.88. The Balaban J connectivity index is 2.08. The fraction of sp³-hybridized carbons (Fsp3) is 0.538. The van der Waals surface area contributed by atoms with E-state index in [-0.39, 0.29) is 5.91 Å². The molecular weight excluding hydrogens is 250 g/mol. The van der Waals surface area contributed by atoms with Crippen LogP contribution >= 0.6 is 11.6 Å². The van der Waals surface area contributed by atoms with Gasteiger partial charge in [0.1, 0.15) is 5.15 Å². The molecule has 3 N–H and O–H groups in total. The summed E-state index contributed by atoms with van der Waals surface area (Å²) in [7, 11) is 0. The van der Waals surface area contributed by atoms with Crippen LogP contribution in [-0.2, 0) is 4.79 Å². The molecule has 1 aliphatic rings. The van der Waals surface area contributed by atoms with E-state index in [9.17, 15) is 4.79 Å². The number of aromatic nitrogens is 1. The van der Waals surface area contributed by atoms with Gasteiger partial charge in [-0.15, -0.1) is 0 Å². The van der Waals surface area contributed by atoms with E-state index < -0.39 is 5.54 Å². The molecule has 1 heterocycles. The maximum absolute atomic E-state index is 12.2. The number of nitrogens with two attached hydrogens (primary N) is 1. The number of aryl methyl sites for hydroxylation is 1. The maximum atomic E-state index is 12.2. The van der Waals surface area contributed by atoms with E-state index in [0.29, 0.717) is 10.8 Å². The van der Waals surface area contributed by atoms with E-state index in [0.717, 1.165) is 37.7 Å². The van der Waals surface area contributed by atoms with Gasteiger partial charge in [0.25, 0.3) is 0 Å². The highest BCUT2D eigenvalue weighted by Crippen LogP contribution is 2.27. The molecule has 1 aliphatic carbocycles. The van der Waals surface area contributed by atoms with Gasteiger partial charge in [-0.25, -0.2) is 4.98 Å². The number of nitrogens with one attached hydrogen (secondary N) is 1. The third-order valence-electron chi connectivity index (χ3n) is 3.47. The molecule has 1 saturated carbocycles. The zero-order valence-corrected chi connectivity index (χ0v) is 11.3. The Morgan fingerprint density at radius 2 is 2.11 bits per heavy atom. The summed E-state index contributed by atoms with van der Waals surface area (Å²) < 4.78 is 0. The highest BCUT2D eigenvalue weighted by atomic mass is 35.5. The van der Waals surface area contributed by atoms with Crippen LogP contribution in [0.2, 0.25) is 5.15 Å². The molecule has 0 aliphatic heterocycles. The van der Waals surface area contributed by atoms with Crippen LogP contribution in [0.5, 0.6) is 0 Å². The molecule has 0 radical (unpaired) electrons. The summed E-state index contributed by atoms with van der Waals surface area (Å²) in [5, 5.41) is 3.29. The van der Waals surface area contributed by atoms with Gasteiger partial charge in [-0.3, -0.25) is 4.79 Å². The van der Waals surface area contributed by atoms with Crippen LogP contribution in [-0.4, -0.2) is 16.4 Å². The molecule has 1 fully saturated rings. The second-order valence-electron chi connectivity index (χ2n) is 5.00. The first-order valence-electron chi connectivity index (χ1n) is 6.24. The molecule has 0 aromatic carbocycles. The largest absolute Gasteiger partial charge is 0.323 e. The van der Waals surface area contributed by atoms with Crippen molar-refractivity contribution in [2.24, 2.45) is 5.73 Å². The van der Waals surface area contributed by atoms with Gasteiger partial charge in [0, 0.05) is 0 Å². The van der Waals surface area contributed by atoms with E-state index in [4.69, 9.17) is 17.3 Å². The molecule has 0 bridgehead atoms. The van der Waals surface area contributed by atoms with Crippen molar-refractivity contribution in [2.75, 3.05) is 5.32 Å². The molecule has 0 saturated heterocycles. The molecule has 0 spiro atoms. The number of carbonyl (C=O) groups is 1. The average Bonchev–Trinajstić information content (AvgIpc) is 2.35. The number of amides is 1. The molecule has 0 unspecified atom stereocenters. The normalized spacial score (nSPS) is 18.4.